The highest BCUT2D eigenvalue weighted by molar-refractivity contribution is 7.86. The highest BCUT2D eigenvalue weighted by Gasteiger charge is 2.39. The fourth-order valence-corrected chi connectivity index (χ4v) is 5.35. The molecule has 2 heterocycles. The summed E-state index contributed by atoms with van der Waals surface area (Å²) in [5.74, 6) is -1.99. The van der Waals surface area contributed by atoms with E-state index in [1.54, 1.807) is 38.1 Å². The summed E-state index contributed by atoms with van der Waals surface area (Å²) in [6.45, 7) is 6.23. The summed E-state index contributed by atoms with van der Waals surface area (Å²) in [6, 6.07) is 7.00. The van der Waals surface area contributed by atoms with Crippen molar-refractivity contribution in [1.82, 2.24) is 14.5 Å². The molecule has 1 saturated heterocycles. The zero-order valence-electron chi connectivity index (χ0n) is 21.2. The molecule has 204 valence electrons. The average molecular weight is 557 g/mol. The summed E-state index contributed by atoms with van der Waals surface area (Å²) in [6.07, 6.45) is 0. The van der Waals surface area contributed by atoms with Crippen LogP contribution in [0.1, 0.15) is 25.3 Å². The van der Waals surface area contributed by atoms with Crippen molar-refractivity contribution in [2.45, 2.75) is 19.8 Å². The number of nitrogens with two attached hydrogens (primary N) is 1. The van der Waals surface area contributed by atoms with Crippen molar-refractivity contribution >= 4 is 33.7 Å². The van der Waals surface area contributed by atoms with E-state index in [9.17, 15) is 18.0 Å². The van der Waals surface area contributed by atoms with Crippen LogP contribution in [-0.4, -0.2) is 89.2 Å². The van der Waals surface area contributed by atoms with Crippen molar-refractivity contribution < 1.29 is 32.2 Å². The number of hydrogen-bond donors (Lipinski definition) is 2. The molecule has 0 saturated carbocycles. The number of methoxy groups -OCH3 is 1. The van der Waals surface area contributed by atoms with Crippen molar-refractivity contribution in [1.29, 1.82) is 0 Å². The van der Waals surface area contributed by atoms with E-state index >= 15 is 0 Å². The fraction of sp³-hybridized carbons (Fsp3) is 0.500. The van der Waals surface area contributed by atoms with Gasteiger partial charge in [-0.1, -0.05) is 29.8 Å². The predicted molar refractivity (Wildman–Crippen MR) is 138 cm³/mol. The third kappa shape index (κ3) is 7.09. The van der Waals surface area contributed by atoms with Crippen molar-refractivity contribution in [2.75, 3.05) is 59.7 Å². The smallest absolute Gasteiger partial charge is 0.336 e. The molecule has 3 N–H and O–H groups in total. The van der Waals surface area contributed by atoms with Gasteiger partial charge >= 0.3 is 11.9 Å². The van der Waals surface area contributed by atoms with Gasteiger partial charge in [0.05, 0.1) is 49.7 Å². The molecule has 1 aromatic carbocycles. The van der Waals surface area contributed by atoms with E-state index < -0.39 is 28.1 Å². The summed E-state index contributed by atoms with van der Waals surface area (Å²) in [5, 5.41) is 8.73. The van der Waals surface area contributed by atoms with Gasteiger partial charge in [-0.3, -0.25) is 4.90 Å². The van der Waals surface area contributed by atoms with E-state index in [0.29, 0.717) is 61.3 Å². The number of halogens is 1. The number of benzene rings is 1. The van der Waals surface area contributed by atoms with E-state index in [1.807, 2.05) is 0 Å². The van der Waals surface area contributed by atoms with Crippen molar-refractivity contribution in [2.24, 2.45) is 5.14 Å². The SMILES string of the molecule is CCOC(=O)C1=C(COCCN2CCN(S(N)(=O)=O)CC2)NC(C)=C(C(=O)OC)C1c1ccccc1Cl. The lowest BCUT2D eigenvalue weighted by Crippen LogP contribution is -2.51. The van der Waals surface area contributed by atoms with E-state index in [-0.39, 0.29) is 24.4 Å². The summed E-state index contributed by atoms with van der Waals surface area (Å²) in [7, 11) is -2.41. The standard InChI is InChI=1S/C24H33ClN4O7S/c1-4-36-24(31)22-19(15-35-14-13-28-9-11-29(12-10-28)37(26,32)33)27-16(2)20(23(30)34-3)21(22)17-7-5-6-8-18(17)25/h5-8,21,27H,4,9-15H2,1-3H3,(H2,26,32,33). The first-order valence-corrected chi connectivity index (χ1v) is 13.7. The molecular weight excluding hydrogens is 524 g/mol. The molecule has 0 radical (unpaired) electrons. The summed E-state index contributed by atoms with van der Waals surface area (Å²) in [4.78, 5) is 28.1. The lowest BCUT2D eigenvalue weighted by atomic mass is 9.80. The summed E-state index contributed by atoms with van der Waals surface area (Å²) >= 11 is 6.51. The molecule has 2 aliphatic heterocycles. The van der Waals surface area contributed by atoms with Gasteiger partial charge in [-0.05, 0) is 25.5 Å². The van der Waals surface area contributed by atoms with Gasteiger partial charge in [0.2, 0.25) is 0 Å². The molecule has 13 heteroatoms. The van der Waals surface area contributed by atoms with Gasteiger partial charge in [0, 0.05) is 43.4 Å². The van der Waals surface area contributed by atoms with Crippen LogP contribution in [-0.2, 0) is 34.0 Å². The van der Waals surface area contributed by atoms with Gasteiger partial charge in [-0.2, -0.15) is 12.7 Å². The van der Waals surface area contributed by atoms with Crippen molar-refractivity contribution in [3.63, 3.8) is 0 Å². The molecule has 11 nitrogen and oxygen atoms in total. The lowest BCUT2D eigenvalue weighted by Gasteiger charge is -2.33. The van der Waals surface area contributed by atoms with Crippen LogP contribution in [0.2, 0.25) is 5.02 Å². The number of ether oxygens (including phenoxy) is 3. The highest BCUT2D eigenvalue weighted by Crippen LogP contribution is 2.41. The zero-order chi connectivity index (χ0) is 27.2. The van der Waals surface area contributed by atoms with E-state index in [0.717, 1.165) is 0 Å². The molecule has 3 rings (SSSR count). The number of allylic oxidation sites excluding steroid dienone is 1. The molecular formula is C24H33ClN4O7S. The minimum absolute atomic E-state index is 0.0536. The van der Waals surface area contributed by atoms with Gasteiger partial charge in [-0.25, -0.2) is 14.7 Å². The molecule has 0 spiro atoms. The molecule has 0 aromatic heterocycles. The molecule has 1 aromatic rings. The van der Waals surface area contributed by atoms with Gasteiger partial charge in [0.25, 0.3) is 10.2 Å². The number of carbonyl (C=O) groups excluding carboxylic acids is 2. The molecule has 1 fully saturated rings. The number of hydrogen-bond acceptors (Lipinski definition) is 9. The maximum atomic E-state index is 13.2. The van der Waals surface area contributed by atoms with Gasteiger partial charge in [0.15, 0.2) is 0 Å². The zero-order valence-corrected chi connectivity index (χ0v) is 22.7. The number of piperazine rings is 1. The molecule has 2 aliphatic rings. The Labute approximate surface area is 222 Å². The normalized spacial score (nSPS) is 19.5. The van der Waals surface area contributed by atoms with Crippen LogP contribution >= 0.6 is 11.6 Å². The Morgan fingerprint density at radius 2 is 1.81 bits per heavy atom. The molecule has 0 amide bonds. The molecule has 0 aliphatic carbocycles. The minimum Gasteiger partial charge on any atom is -0.466 e. The van der Waals surface area contributed by atoms with E-state index in [2.05, 4.69) is 10.2 Å². The Hall–Kier alpha value is -2.48. The fourth-order valence-electron chi connectivity index (χ4n) is 4.44. The van der Waals surface area contributed by atoms with Gasteiger partial charge in [0.1, 0.15) is 0 Å². The van der Waals surface area contributed by atoms with Crippen LogP contribution < -0.4 is 10.5 Å². The van der Waals surface area contributed by atoms with Gasteiger partial charge in [-0.15, -0.1) is 0 Å². The second-order valence-electron chi connectivity index (χ2n) is 8.56. The Bertz CT molecular complexity index is 1180. The number of esters is 2. The Morgan fingerprint density at radius 1 is 1.14 bits per heavy atom. The Kier molecular flexibility index (Phi) is 10.1. The third-order valence-electron chi connectivity index (χ3n) is 6.25. The predicted octanol–water partition coefficient (Wildman–Crippen LogP) is 1.13. The average Bonchev–Trinajstić information content (AvgIpc) is 2.86. The number of dihydropyridines is 1. The Morgan fingerprint density at radius 3 is 2.41 bits per heavy atom. The molecule has 1 atom stereocenters. The van der Waals surface area contributed by atoms with Crippen LogP contribution in [0.15, 0.2) is 46.8 Å². The Balaban J connectivity index is 1.81. The monoisotopic (exact) mass is 556 g/mol. The van der Waals surface area contributed by atoms with Crippen LogP contribution in [0, 0.1) is 0 Å². The highest BCUT2D eigenvalue weighted by atomic mass is 35.5. The number of nitrogens with one attached hydrogen (secondary N) is 1. The van der Waals surface area contributed by atoms with Crippen LogP contribution in [0.25, 0.3) is 0 Å². The number of rotatable bonds is 10. The molecule has 0 bridgehead atoms. The summed E-state index contributed by atoms with van der Waals surface area (Å²) in [5.41, 5.74) is 2.03. The minimum atomic E-state index is -3.69. The number of carbonyl (C=O) groups is 2. The maximum absolute atomic E-state index is 13.2. The first-order valence-electron chi connectivity index (χ1n) is 11.9. The third-order valence-corrected chi connectivity index (χ3v) is 7.68. The van der Waals surface area contributed by atoms with Crippen LogP contribution in [0.3, 0.4) is 0 Å². The second-order valence-corrected chi connectivity index (χ2v) is 10.5. The topological polar surface area (TPSA) is 140 Å². The first kappa shape index (κ1) is 29.1. The van der Waals surface area contributed by atoms with E-state index in [1.165, 1.54) is 11.4 Å². The lowest BCUT2D eigenvalue weighted by molar-refractivity contribution is -0.139. The maximum Gasteiger partial charge on any atom is 0.336 e. The van der Waals surface area contributed by atoms with Crippen molar-refractivity contribution in [3.8, 4) is 0 Å². The van der Waals surface area contributed by atoms with Crippen molar-refractivity contribution in [3.05, 3.63) is 57.4 Å². The quantitative estimate of drug-likeness (QED) is 0.320. The summed E-state index contributed by atoms with van der Waals surface area (Å²) < 4.78 is 40.5. The first-order chi connectivity index (χ1) is 17.6. The van der Waals surface area contributed by atoms with Gasteiger partial charge < -0.3 is 19.5 Å². The number of nitrogens with zero attached hydrogens (tertiary/aromatic N) is 2. The van der Waals surface area contributed by atoms with E-state index in [4.69, 9.17) is 31.0 Å². The van der Waals surface area contributed by atoms with Crippen LogP contribution in [0.4, 0.5) is 0 Å². The molecule has 37 heavy (non-hydrogen) atoms. The second kappa shape index (κ2) is 12.9. The molecule has 1 unspecified atom stereocenters. The largest absolute Gasteiger partial charge is 0.466 e. The van der Waals surface area contributed by atoms with Crippen LogP contribution in [0.5, 0.6) is 0 Å².